The highest BCUT2D eigenvalue weighted by Gasteiger charge is 2.45. The Hall–Kier alpha value is -1.99. The Labute approximate surface area is 161 Å². The van der Waals surface area contributed by atoms with Crippen molar-refractivity contribution in [2.45, 2.75) is 43.9 Å². The molecule has 1 rings (SSSR count). The van der Waals surface area contributed by atoms with E-state index in [1.807, 2.05) is 0 Å². The molecule has 5 unspecified atom stereocenters. The van der Waals surface area contributed by atoms with Crippen LogP contribution in [0.25, 0.3) is 10.4 Å². The van der Waals surface area contributed by atoms with Gasteiger partial charge in [0.25, 0.3) is 0 Å². The number of carbonyl (C=O) groups excluding carboxylic acids is 2. The summed E-state index contributed by atoms with van der Waals surface area (Å²) >= 11 is 0. The van der Waals surface area contributed by atoms with E-state index in [0.717, 1.165) is 0 Å². The Kier molecular flexibility index (Phi) is 11.4. The SMILES string of the molecule is CC(=O)NC1C(NC(=O)CCOCCOCCN=[N+]=[N-])OC(CO)C(O)C1O. The van der Waals surface area contributed by atoms with E-state index >= 15 is 0 Å². The van der Waals surface area contributed by atoms with E-state index in [9.17, 15) is 24.9 Å². The first kappa shape index (κ1) is 24.0. The summed E-state index contributed by atoms with van der Waals surface area (Å²) in [6, 6.07) is -1.08. The standard InChI is InChI=1S/C15H27N5O8/c1-9(22)18-12-14(25)13(24)10(8-21)28-15(12)19-11(23)2-4-26-6-7-27-5-3-17-20-16/h10,12-15,21,24-25H,2-8H2,1H3,(H,18,22)(H,19,23). The van der Waals surface area contributed by atoms with Crippen molar-refractivity contribution in [1.82, 2.24) is 10.6 Å². The lowest BCUT2D eigenvalue weighted by Gasteiger charge is -2.42. The van der Waals surface area contributed by atoms with E-state index in [2.05, 4.69) is 20.7 Å². The molecular weight excluding hydrogens is 378 g/mol. The van der Waals surface area contributed by atoms with E-state index in [-0.39, 0.29) is 39.4 Å². The molecule has 0 saturated carbocycles. The third-order valence-electron chi connectivity index (χ3n) is 3.84. The monoisotopic (exact) mass is 405 g/mol. The highest BCUT2D eigenvalue weighted by atomic mass is 16.5. The van der Waals surface area contributed by atoms with Crippen LogP contribution in [0.2, 0.25) is 0 Å². The van der Waals surface area contributed by atoms with Crippen molar-refractivity contribution in [3.8, 4) is 0 Å². The van der Waals surface area contributed by atoms with Gasteiger partial charge >= 0.3 is 0 Å². The van der Waals surface area contributed by atoms with Crippen LogP contribution in [0, 0.1) is 0 Å². The molecule has 0 aliphatic carbocycles. The molecule has 160 valence electrons. The second kappa shape index (κ2) is 13.2. The summed E-state index contributed by atoms with van der Waals surface area (Å²) < 4.78 is 15.8. The molecule has 0 spiro atoms. The molecule has 0 aromatic heterocycles. The minimum atomic E-state index is -1.43. The molecule has 1 aliphatic heterocycles. The molecule has 0 radical (unpaired) electrons. The molecule has 0 bridgehead atoms. The summed E-state index contributed by atoms with van der Waals surface area (Å²) in [7, 11) is 0. The molecule has 1 aliphatic rings. The predicted molar refractivity (Wildman–Crippen MR) is 93.8 cm³/mol. The van der Waals surface area contributed by atoms with Crippen LogP contribution >= 0.6 is 0 Å². The molecule has 0 aromatic carbocycles. The van der Waals surface area contributed by atoms with Crippen molar-refractivity contribution in [1.29, 1.82) is 0 Å². The molecule has 0 aromatic rings. The second-order valence-electron chi connectivity index (χ2n) is 5.98. The fourth-order valence-corrected chi connectivity index (χ4v) is 2.50. The average molecular weight is 405 g/mol. The zero-order valence-electron chi connectivity index (χ0n) is 15.6. The van der Waals surface area contributed by atoms with Gasteiger partial charge in [0.2, 0.25) is 11.8 Å². The summed E-state index contributed by atoms with van der Waals surface area (Å²) in [5.74, 6) is -0.949. The number of hydrogen-bond acceptors (Lipinski definition) is 9. The maximum Gasteiger partial charge on any atom is 0.224 e. The zero-order valence-corrected chi connectivity index (χ0v) is 15.6. The molecule has 1 saturated heterocycles. The van der Waals surface area contributed by atoms with Gasteiger partial charge in [-0.2, -0.15) is 0 Å². The summed E-state index contributed by atoms with van der Waals surface area (Å²) in [6.07, 6.45) is -5.11. The van der Waals surface area contributed by atoms with Gasteiger partial charge in [-0.3, -0.25) is 9.59 Å². The molecule has 2 amide bonds. The summed E-state index contributed by atoms with van der Waals surface area (Å²) in [6.45, 7) is 1.77. The van der Waals surface area contributed by atoms with Crippen LogP contribution in [-0.2, 0) is 23.8 Å². The Bertz CT molecular complexity index is 545. The summed E-state index contributed by atoms with van der Waals surface area (Å²) in [5, 5.41) is 37.5. The first-order chi connectivity index (χ1) is 13.4. The van der Waals surface area contributed by atoms with Gasteiger partial charge in [-0.25, -0.2) is 0 Å². The maximum absolute atomic E-state index is 12.1. The van der Waals surface area contributed by atoms with Crippen LogP contribution in [0.15, 0.2) is 5.11 Å². The number of nitrogens with one attached hydrogen (secondary N) is 2. The lowest BCUT2D eigenvalue weighted by atomic mass is 9.96. The average Bonchev–Trinajstić information content (AvgIpc) is 2.66. The van der Waals surface area contributed by atoms with E-state index in [1.54, 1.807) is 0 Å². The van der Waals surface area contributed by atoms with Crippen molar-refractivity contribution in [3.05, 3.63) is 10.4 Å². The highest BCUT2D eigenvalue weighted by molar-refractivity contribution is 5.77. The van der Waals surface area contributed by atoms with Gasteiger partial charge in [0.15, 0.2) is 6.23 Å². The Morgan fingerprint density at radius 2 is 1.82 bits per heavy atom. The summed E-state index contributed by atoms with van der Waals surface area (Å²) in [5.41, 5.74) is 8.10. The number of carbonyl (C=O) groups is 2. The second-order valence-corrected chi connectivity index (χ2v) is 5.98. The van der Waals surface area contributed by atoms with Crippen LogP contribution in [0.1, 0.15) is 13.3 Å². The number of rotatable bonds is 12. The Morgan fingerprint density at radius 1 is 1.14 bits per heavy atom. The molecule has 1 heterocycles. The molecular formula is C15H27N5O8. The highest BCUT2D eigenvalue weighted by Crippen LogP contribution is 2.20. The van der Waals surface area contributed by atoms with Gasteiger partial charge in [0, 0.05) is 18.4 Å². The topological polar surface area (TPSA) is 195 Å². The van der Waals surface area contributed by atoms with Crippen molar-refractivity contribution < 1.29 is 39.1 Å². The van der Waals surface area contributed by atoms with Crippen LogP contribution < -0.4 is 10.6 Å². The van der Waals surface area contributed by atoms with Crippen LogP contribution in [0.3, 0.4) is 0 Å². The number of nitrogens with zero attached hydrogens (tertiary/aromatic N) is 3. The van der Waals surface area contributed by atoms with Gasteiger partial charge in [-0.1, -0.05) is 5.11 Å². The minimum absolute atomic E-state index is 0.0200. The van der Waals surface area contributed by atoms with Gasteiger partial charge in [0.05, 0.1) is 39.5 Å². The number of hydrogen-bond donors (Lipinski definition) is 5. The molecule has 1 fully saturated rings. The van der Waals surface area contributed by atoms with Gasteiger partial charge in [0.1, 0.15) is 24.4 Å². The fraction of sp³-hybridized carbons (Fsp3) is 0.867. The van der Waals surface area contributed by atoms with Crippen LogP contribution in [0.4, 0.5) is 0 Å². The Morgan fingerprint density at radius 3 is 2.43 bits per heavy atom. The first-order valence-corrected chi connectivity index (χ1v) is 8.76. The molecule has 28 heavy (non-hydrogen) atoms. The maximum atomic E-state index is 12.1. The van der Waals surface area contributed by atoms with E-state index in [1.165, 1.54) is 6.92 Å². The van der Waals surface area contributed by atoms with Crippen molar-refractivity contribution >= 4 is 11.8 Å². The number of aliphatic hydroxyl groups is 3. The number of aliphatic hydroxyl groups excluding tert-OH is 3. The van der Waals surface area contributed by atoms with Crippen molar-refractivity contribution in [2.24, 2.45) is 5.11 Å². The van der Waals surface area contributed by atoms with Crippen molar-refractivity contribution in [2.75, 3.05) is 39.6 Å². The number of azide groups is 1. The Balaban J connectivity index is 2.38. The smallest absolute Gasteiger partial charge is 0.224 e. The zero-order chi connectivity index (χ0) is 20.9. The van der Waals surface area contributed by atoms with E-state index in [4.69, 9.17) is 19.7 Å². The largest absolute Gasteiger partial charge is 0.394 e. The predicted octanol–water partition coefficient (Wildman–Crippen LogP) is -2.22. The van der Waals surface area contributed by atoms with E-state index < -0.39 is 49.0 Å². The van der Waals surface area contributed by atoms with Gasteiger partial charge < -0.3 is 40.2 Å². The lowest BCUT2D eigenvalue weighted by molar-refractivity contribution is -0.203. The number of ether oxygens (including phenoxy) is 3. The van der Waals surface area contributed by atoms with Crippen LogP contribution in [-0.4, -0.2) is 97.3 Å². The third kappa shape index (κ3) is 8.35. The molecule has 13 heteroatoms. The fourth-order valence-electron chi connectivity index (χ4n) is 2.50. The quantitative estimate of drug-likeness (QED) is 0.104. The van der Waals surface area contributed by atoms with Crippen molar-refractivity contribution in [3.63, 3.8) is 0 Å². The molecule has 5 N–H and O–H groups in total. The third-order valence-corrected chi connectivity index (χ3v) is 3.84. The van der Waals surface area contributed by atoms with Gasteiger partial charge in [-0.05, 0) is 5.53 Å². The van der Waals surface area contributed by atoms with Gasteiger partial charge in [-0.15, -0.1) is 0 Å². The molecule has 5 atom stereocenters. The summed E-state index contributed by atoms with van der Waals surface area (Å²) in [4.78, 5) is 26.0. The minimum Gasteiger partial charge on any atom is -0.394 e. The lowest BCUT2D eigenvalue weighted by Crippen LogP contribution is -2.68. The van der Waals surface area contributed by atoms with E-state index in [0.29, 0.717) is 0 Å². The molecule has 13 nitrogen and oxygen atoms in total. The first-order valence-electron chi connectivity index (χ1n) is 8.76. The van der Waals surface area contributed by atoms with Crippen LogP contribution in [0.5, 0.6) is 0 Å². The number of amides is 2. The normalized spacial score (nSPS) is 26.9.